The summed E-state index contributed by atoms with van der Waals surface area (Å²) in [7, 11) is 0. The van der Waals surface area contributed by atoms with Crippen molar-refractivity contribution in [3.8, 4) is 12.3 Å². The molecule has 0 radical (unpaired) electrons. The van der Waals surface area contributed by atoms with E-state index in [2.05, 4.69) is 5.92 Å². The van der Waals surface area contributed by atoms with E-state index in [1.165, 1.54) is 0 Å². The molecule has 74 valence electrons. The molecule has 3 N–H and O–H groups in total. The van der Waals surface area contributed by atoms with Crippen LogP contribution in [0.2, 0.25) is 0 Å². The van der Waals surface area contributed by atoms with E-state index < -0.39 is 0 Å². The van der Waals surface area contributed by atoms with E-state index in [9.17, 15) is 5.11 Å². The highest BCUT2D eigenvalue weighted by Gasteiger charge is 2.23. The third kappa shape index (κ3) is 1.95. The SMILES string of the molecule is C#Cc1ccc(C(C)(CN)CO)cc1. The maximum Gasteiger partial charge on any atom is 0.0537 e. The molecule has 0 aliphatic heterocycles. The molecule has 2 heteroatoms. The second kappa shape index (κ2) is 4.28. The number of rotatable bonds is 3. The van der Waals surface area contributed by atoms with Gasteiger partial charge >= 0.3 is 0 Å². The molecule has 14 heavy (non-hydrogen) atoms. The number of benzene rings is 1. The molecule has 0 saturated heterocycles. The molecule has 1 aromatic carbocycles. The molecule has 0 heterocycles. The Balaban J connectivity index is 3.02. The minimum atomic E-state index is -0.368. The van der Waals surface area contributed by atoms with Crippen molar-refractivity contribution < 1.29 is 5.11 Å². The molecule has 1 atom stereocenters. The first kappa shape index (κ1) is 10.8. The van der Waals surface area contributed by atoms with Gasteiger partial charge in [0.1, 0.15) is 0 Å². The zero-order valence-electron chi connectivity index (χ0n) is 8.33. The molecular weight excluding hydrogens is 174 g/mol. The zero-order valence-corrected chi connectivity index (χ0v) is 8.33. The van der Waals surface area contributed by atoms with Crippen LogP contribution in [0.3, 0.4) is 0 Å². The van der Waals surface area contributed by atoms with E-state index in [1.54, 1.807) is 0 Å². The van der Waals surface area contributed by atoms with E-state index in [1.807, 2.05) is 31.2 Å². The number of aliphatic hydroxyl groups is 1. The van der Waals surface area contributed by atoms with Gasteiger partial charge in [-0.1, -0.05) is 25.0 Å². The van der Waals surface area contributed by atoms with Crippen LogP contribution in [-0.2, 0) is 5.41 Å². The third-order valence-corrected chi connectivity index (χ3v) is 2.55. The Morgan fingerprint density at radius 1 is 1.43 bits per heavy atom. The molecule has 0 aliphatic carbocycles. The summed E-state index contributed by atoms with van der Waals surface area (Å²) in [6, 6.07) is 7.55. The largest absolute Gasteiger partial charge is 0.395 e. The fraction of sp³-hybridized carbons (Fsp3) is 0.333. The van der Waals surface area contributed by atoms with Crippen LogP contribution in [0.1, 0.15) is 18.1 Å². The van der Waals surface area contributed by atoms with Gasteiger partial charge in [0.05, 0.1) is 6.61 Å². The van der Waals surface area contributed by atoms with Gasteiger partial charge in [-0.15, -0.1) is 6.42 Å². The van der Waals surface area contributed by atoms with Crippen LogP contribution in [0, 0.1) is 12.3 Å². The van der Waals surface area contributed by atoms with E-state index in [4.69, 9.17) is 12.2 Å². The lowest BCUT2D eigenvalue weighted by molar-refractivity contribution is 0.210. The van der Waals surface area contributed by atoms with Gasteiger partial charge in [-0.05, 0) is 17.7 Å². The van der Waals surface area contributed by atoms with E-state index >= 15 is 0 Å². The average molecular weight is 189 g/mol. The fourth-order valence-corrected chi connectivity index (χ4v) is 1.24. The Kier molecular flexibility index (Phi) is 3.29. The molecule has 0 aliphatic rings. The Bertz CT molecular complexity index is 330. The first-order chi connectivity index (χ1) is 6.66. The van der Waals surface area contributed by atoms with Crippen LogP contribution in [0.4, 0.5) is 0 Å². The molecule has 1 rings (SSSR count). The molecule has 0 fully saturated rings. The maximum atomic E-state index is 9.24. The van der Waals surface area contributed by atoms with E-state index in [0.717, 1.165) is 11.1 Å². The smallest absolute Gasteiger partial charge is 0.0537 e. The Morgan fingerprint density at radius 3 is 2.36 bits per heavy atom. The zero-order chi connectivity index (χ0) is 10.6. The number of hydrogen-bond donors (Lipinski definition) is 2. The highest BCUT2D eigenvalue weighted by atomic mass is 16.3. The molecule has 0 aromatic heterocycles. The van der Waals surface area contributed by atoms with Crippen molar-refractivity contribution in [2.24, 2.45) is 5.73 Å². The van der Waals surface area contributed by atoms with Crippen LogP contribution in [-0.4, -0.2) is 18.3 Å². The minimum Gasteiger partial charge on any atom is -0.395 e. The second-order valence-electron chi connectivity index (χ2n) is 3.64. The number of hydrogen-bond acceptors (Lipinski definition) is 2. The van der Waals surface area contributed by atoms with Gasteiger partial charge < -0.3 is 10.8 Å². The molecule has 1 unspecified atom stereocenters. The van der Waals surface area contributed by atoms with Crippen molar-refractivity contribution in [3.05, 3.63) is 35.4 Å². The number of aliphatic hydroxyl groups excluding tert-OH is 1. The summed E-state index contributed by atoms with van der Waals surface area (Å²) in [6.45, 7) is 2.38. The maximum absolute atomic E-state index is 9.24. The lowest BCUT2D eigenvalue weighted by atomic mass is 9.83. The van der Waals surface area contributed by atoms with Crippen molar-refractivity contribution in [2.45, 2.75) is 12.3 Å². The summed E-state index contributed by atoms with van der Waals surface area (Å²) >= 11 is 0. The molecule has 0 bridgehead atoms. The fourth-order valence-electron chi connectivity index (χ4n) is 1.24. The van der Waals surface area contributed by atoms with Crippen LogP contribution in [0.15, 0.2) is 24.3 Å². The Hall–Kier alpha value is -1.30. The topological polar surface area (TPSA) is 46.2 Å². The lowest BCUT2D eigenvalue weighted by Crippen LogP contribution is -2.35. The quantitative estimate of drug-likeness (QED) is 0.693. The van der Waals surface area contributed by atoms with Crippen LogP contribution in [0.25, 0.3) is 0 Å². The molecule has 2 nitrogen and oxygen atoms in total. The molecule has 0 amide bonds. The van der Waals surface area contributed by atoms with Crippen molar-refractivity contribution >= 4 is 0 Å². The molecule has 0 saturated carbocycles. The van der Waals surface area contributed by atoms with Gasteiger partial charge in [0.2, 0.25) is 0 Å². The van der Waals surface area contributed by atoms with Gasteiger partial charge in [0.25, 0.3) is 0 Å². The summed E-state index contributed by atoms with van der Waals surface area (Å²) in [4.78, 5) is 0. The highest BCUT2D eigenvalue weighted by molar-refractivity contribution is 5.37. The summed E-state index contributed by atoms with van der Waals surface area (Å²) in [6.07, 6.45) is 5.25. The first-order valence-electron chi connectivity index (χ1n) is 4.54. The predicted molar refractivity (Wildman–Crippen MR) is 57.9 cm³/mol. The van der Waals surface area contributed by atoms with Crippen molar-refractivity contribution in [1.82, 2.24) is 0 Å². The summed E-state index contributed by atoms with van der Waals surface area (Å²) in [5, 5.41) is 9.24. The van der Waals surface area contributed by atoms with Gasteiger partial charge in [-0.3, -0.25) is 0 Å². The van der Waals surface area contributed by atoms with Crippen LogP contribution >= 0.6 is 0 Å². The monoisotopic (exact) mass is 189 g/mol. The molecular formula is C12H15NO. The predicted octanol–water partition coefficient (Wildman–Crippen LogP) is 0.877. The first-order valence-corrected chi connectivity index (χ1v) is 4.54. The molecule has 0 spiro atoms. The van der Waals surface area contributed by atoms with Crippen LogP contribution < -0.4 is 5.73 Å². The minimum absolute atomic E-state index is 0.0406. The number of nitrogens with two attached hydrogens (primary N) is 1. The van der Waals surface area contributed by atoms with E-state index in [-0.39, 0.29) is 12.0 Å². The van der Waals surface area contributed by atoms with Gasteiger partial charge in [0, 0.05) is 17.5 Å². The average Bonchev–Trinajstić information content (AvgIpc) is 2.28. The Labute approximate surface area is 84.8 Å². The standard InChI is InChI=1S/C12H15NO/c1-3-10-4-6-11(7-5-10)12(2,8-13)9-14/h1,4-7,14H,8-9,13H2,2H3. The molecule has 1 aromatic rings. The van der Waals surface area contributed by atoms with Gasteiger partial charge in [-0.25, -0.2) is 0 Å². The summed E-state index contributed by atoms with van der Waals surface area (Å²) in [5.41, 5.74) is 7.11. The van der Waals surface area contributed by atoms with Gasteiger partial charge in [-0.2, -0.15) is 0 Å². The summed E-state index contributed by atoms with van der Waals surface area (Å²) < 4.78 is 0. The lowest BCUT2D eigenvalue weighted by Gasteiger charge is -2.25. The second-order valence-corrected chi connectivity index (χ2v) is 3.64. The van der Waals surface area contributed by atoms with Gasteiger partial charge in [0.15, 0.2) is 0 Å². The normalized spacial score (nSPS) is 14.4. The van der Waals surface area contributed by atoms with E-state index in [0.29, 0.717) is 6.54 Å². The highest BCUT2D eigenvalue weighted by Crippen LogP contribution is 2.21. The number of terminal acetylenes is 1. The van der Waals surface area contributed by atoms with Crippen molar-refractivity contribution in [3.63, 3.8) is 0 Å². The third-order valence-electron chi connectivity index (χ3n) is 2.55. The Morgan fingerprint density at radius 2 is 2.00 bits per heavy atom. The van der Waals surface area contributed by atoms with Crippen molar-refractivity contribution in [2.75, 3.05) is 13.2 Å². The summed E-state index contributed by atoms with van der Waals surface area (Å²) in [5.74, 6) is 2.55. The van der Waals surface area contributed by atoms with Crippen LogP contribution in [0.5, 0.6) is 0 Å². The van der Waals surface area contributed by atoms with Crippen molar-refractivity contribution in [1.29, 1.82) is 0 Å².